The van der Waals surface area contributed by atoms with E-state index < -0.39 is 5.82 Å². The highest BCUT2D eigenvalue weighted by molar-refractivity contribution is 5.94. The number of carbonyl (C=O) groups is 2. The van der Waals surface area contributed by atoms with Gasteiger partial charge in [-0.15, -0.1) is 0 Å². The molecule has 3 fully saturated rings. The van der Waals surface area contributed by atoms with Gasteiger partial charge in [-0.1, -0.05) is 25.3 Å². The summed E-state index contributed by atoms with van der Waals surface area (Å²) < 4.78 is 22.4. The molecular formula is C30H42FN5O3. The SMILES string of the molecule is COc1cccc(F)c1-c1cc(C(=O)N[C@@H](CCN2CCCCC2)CC(=O)NC2CCC2)nn1C1CCCC1. The van der Waals surface area contributed by atoms with Crippen LogP contribution in [0.25, 0.3) is 11.3 Å². The highest BCUT2D eigenvalue weighted by atomic mass is 19.1. The van der Waals surface area contributed by atoms with Crippen molar-refractivity contribution in [1.82, 2.24) is 25.3 Å². The van der Waals surface area contributed by atoms with Crippen LogP contribution in [-0.2, 0) is 4.79 Å². The fraction of sp³-hybridized carbons (Fsp3) is 0.633. The van der Waals surface area contributed by atoms with Gasteiger partial charge in [0.15, 0.2) is 5.69 Å². The molecule has 0 unspecified atom stereocenters. The quantitative estimate of drug-likeness (QED) is 0.426. The molecule has 2 saturated carbocycles. The lowest BCUT2D eigenvalue weighted by molar-refractivity contribution is -0.122. The van der Waals surface area contributed by atoms with Crippen LogP contribution in [0.4, 0.5) is 4.39 Å². The van der Waals surface area contributed by atoms with Crippen LogP contribution < -0.4 is 15.4 Å². The first kappa shape index (κ1) is 27.6. The molecule has 8 nitrogen and oxygen atoms in total. The first-order valence-electron chi connectivity index (χ1n) is 14.8. The van der Waals surface area contributed by atoms with Gasteiger partial charge in [-0.3, -0.25) is 14.3 Å². The Labute approximate surface area is 230 Å². The molecule has 9 heteroatoms. The zero-order valence-corrected chi connectivity index (χ0v) is 23.1. The summed E-state index contributed by atoms with van der Waals surface area (Å²) in [5.74, 6) is -0.346. The number of likely N-dealkylation sites (tertiary alicyclic amines) is 1. The second kappa shape index (κ2) is 12.9. The molecule has 0 spiro atoms. The maximum absolute atomic E-state index is 15.1. The largest absolute Gasteiger partial charge is 0.496 e. The van der Waals surface area contributed by atoms with E-state index in [4.69, 9.17) is 9.84 Å². The zero-order valence-electron chi connectivity index (χ0n) is 23.1. The molecule has 2 amide bonds. The molecule has 2 aromatic rings. The van der Waals surface area contributed by atoms with Crippen molar-refractivity contribution in [3.8, 4) is 17.0 Å². The van der Waals surface area contributed by atoms with E-state index in [-0.39, 0.29) is 42.1 Å². The number of nitrogens with zero attached hydrogens (tertiary/aromatic N) is 3. The van der Waals surface area contributed by atoms with E-state index in [9.17, 15) is 9.59 Å². The molecule has 212 valence electrons. The summed E-state index contributed by atoms with van der Waals surface area (Å²) in [6.45, 7) is 2.97. The number of halogens is 1. The summed E-state index contributed by atoms with van der Waals surface area (Å²) in [7, 11) is 1.52. The van der Waals surface area contributed by atoms with Gasteiger partial charge >= 0.3 is 0 Å². The third-order valence-corrected chi connectivity index (χ3v) is 8.57. The van der Waals surface area contributed by atoms with Crippen LogP contribution in [-0.4, -0.2) is 65.3 Å². The Kier molecular flexibility index (Phi) is 9.17. The minimum Gasteiger partial charge on any atom is -0.496 e. The zero-order chi connectivity index (χ0) is 27.2. The maximum atomic E-state index is 15.1. The van der Waals surface area contributed by atoms with Crippen LogP contribution >= 0.6 is 0 Å². The molecule has 1 aromatic carbocycles. The molecule has 0 radical (unpaired) electrons. The highest BCUT2D eigenvalue weighted by Crippen LogP contribution is 2.38. The van der Waals surface area contributed by atoms with E-state index in [2.05, 4.69) is 15.5 Å². The van der Waals surface area contributed by atoms with Crippen molar-refractivity contribution in [1.29, 1.82) is 0 Å². The Morgan fingerprint density at radius 2 is 1.85 bits per heavy atom. The molecule has 2 N–H and O–H groups in total. The second-order valence-electron chi connectivity index (χ2n) is 11.4. The summed E-state index contributed by atoms with van der Waals surface area (Å²) in [5, 5.41) is 10.9. The highest BCUT2D eigenvalue weighted by Gasteiger charge is 2.29. The van der Waals surface area contributed by atoms with Crippen molar-refractivity contribution in [2.75, 3.05) is 26.7 Å². The number of nitrogens with one attached hydrogen (secondary N) is 2. The number of rotatable bonds is 11. The minimum atomic E-state index is -0.410. The lowest BCUT2D eigenvalue weighted by Gasteiger charge is -2.29. The van der Waals surface area contributed by atoms with Gasteiger partial charge in [0.2, 0.25) is 5.91 Å². The molecule has 2 aliphatic carbocycles. The van der Waals surface area contributed by atoms with Crippen molar-refractivity contribution in [3.05, 3.63) is 35.8 Å². The van der Waals surface area contributed by atoms with Gasteiger partial charge < -0.3 is 20.3 Å². The van der Waals surface area contributed by atoms with Crippen LogP contribution in [0, 0.1) is 5.82 Å². The average Bonchev–Trinajstić information content (AvgIpc) is 3.60. The Balaban J connectivity index is 1.36. The second-order valence-corrected chi connectivity index (χ2v) is 11.4. The lowest BCUT2D eigenvalue weighted by atomic mass is 9.93. The van der Waals surface area contributed by atoms with Crippen LogP contribution in [0.3, 0.4) is 0 Å². The number of hydrogen-bond donors (Lipinski definition) is 2. The summed E-state index contributed by atoms with van der Waals surface area (Å²) in [4.78, 5) is 28.8. The molecule has 1 atom stereocenters. The fourth-order valence-electron chi connectivity index (χ4n) is 6.11. The van der Waals surface area contributed by atoms with Gasteiger partial charge in [0.25, 0.3) is 5.91 Å². The van der Waals surface area contributed by atoms with Crippen molar-refractivity contribution >= 4 is 11.8 Å². The van der Waals surface area contributed by atoms with Gasteiger partial charge in [0.1, 0.15) is 11.6 Å². The van der Waals surface area contributed by atoms with E-state index in [1.165, 1.54) is 32.4 Å². The molecule has 1 saturated heterocycles. The van der Waals surface area contributed by atoms with Crippen molar-refractivity contribution < 1.29 is 18.7 Å². The number of aromatic nitrogens is 2. The lowest BCUT2D eigenvalue weighted by Crippen LogP contribution is -2.45. The fourth-order valence-corrected chi connectivity index (χ4v) is 6.11. The molecular weight excluding hydrogens is 497 g/mol. The monoisotopic (exact) mass is 539 g/mol. The Morgan fingerprint density at radius 1 is 1.08 bits per heavy atom. The number of ether oxygens (including phenoxy) is 1. The number of methoxy groups -OCH3 is 1. The van der Waals surface area contributed by atoms with Crippen LogP contribution in [0.15, 0.2) is 24.3 Å². The summed E-state index contributed by atoms with van der Waals surface area (Å²) in [5.41, 5.74) is 1.11. The van der Waals surface area contributed by atoms with Gasteiger partial charge in [-0.25, -0.2) is 4.39 Å². The Morgan fingerprint density at radius 3 is 2.54 bits per heavy atom. The first-order valence-corrected chi connectivity index (χ1v) is 14.8. The number of amides is 2. The molecule has 3 aliphatic rings. The standard InChI is InChI=1S/C30H42FN5O3/c1-39-27-14-8-13-24(31)29(27)26-20-25(34-36(26)23-11-3-4-12-23)30(38)33-22(15-18-35-16-5-2-6-17-35)19-28(37)32-21-9-7-10-21/h8,13-14,20-23H,2-7,9-12,15-19H2,1H3,(H,32,37)(H,33,38)/t22-/m0/s1. The molecule has 5 rings (SSSR count). The minimum absolute atomic E-state index is 0.0167. The molecule has 2 heterocycles. The third-order valence-electron chi connectivity index (χ3n) is 8.57. The number of piperidine rings is 1. The van der Waals surface area contributed by atoms with Crippen molar-refractivity contribution in [3.63, 3.8) is 0 Å². The van der Waals surface area contributed by atoms with Gasteiger partial charge in [0, 0.05) is 25.0 Å². The third kappa shape index (κ3) is 6.80. The maximum Gasteiger partial charge on any atom is 0.272 e. The van der Waals surface area contributed by atoms with Gasteiger partial charge in [-0.2, -0.15) is 5.10 Å². The number of benzene rings is 1. The predicted octanol–water partition coefficient (Wildman–Crippen LogP) is 4.85. The average molecular weight is 540 g/mol. The first-order chi connectivity index (χ1) is 19.0. The molecule has 1 aliphatic heterocycles. The predicted molar refractivity (Wildman–Crippen MR) is 148 cm³/mol. The van der Waals surface area contributed by atoms with E-state index in [1.54, 1.807) is 18.2 Å². The van der Waals surface area contributed by atoms with E-state index >= 15 is 4.39 Å². The molecule has 39 heavy (non-hydrogen) atoms. The van der Waals surface area contributed by atoms with E-state index in [0.717, 1.165) is 64.6 Å². The smallest absolute Gasteiger partial charge is 0.272 e. The van der Waals surface area contributed by atoms with Gasteiger partial charge in [0.05, 0.1) is 24.4 Å². The van der Waals surface area contributed by atoms with Gasteiger partial charge in [-0.05, 0) is 82.7 Å². The van der Waals surface area contributed by atoms with Crippen LogP contribution in [0.2, 0.25) is 0 Å². The van der Waals surface area contributed by atoms with Crippen LogP contribution in [0.5, 0.6) is 5.75 Å². The topological polar surface area (TPSA) is 88.5 Å². The van der Waals surface area contributed by atoms with Crippen molar-refractivity contribution in [2.24, 2.45) is 0 Å². The Hall–Kier alpha value is -2.94. The normalized spacial score (nSPS) is 19.4. The number of hydrogen-bond acceptors (Lipinski definition) is 5. The van der Waals surface area contributed by atoms with Crippen molar-refractivity contribution in [2.45, 2.75) is 95.2 Å². The molecule has 0 bridgehead atoms. The molecule has 1 aromatic heterocycles. The summed E-state index contributed by atoms with van der Waals surface area (Å²) in [6.07, 6.45) is 11.8. The van der Waals surface area contributed by atoms with E-state index in [1.807, 2.05) is 4.68 Å². The summed E-state index contributed by atoms with van der Waals surface area (Å²) in [6, 6.07) is 6.48. The Bertz CT molecular complexity index is 1140. The summed E-state index contributed by atoms with van der Waals surface area (Å²) >= 11 is 0. The number of carbonyl (C=O) groups excluding carboxylic acids is 2. The van der Waals surface area contributed by atoms with E-state index in [0.29, 0.717) is 23.4 Å². The van der Waals surface area contributed by atoms with Crippen LogP contribution in [0.1, 0.15) is 93.6 Å².